The van der Waals surface area contributed by atoms with Gasteiger partial charge in [0.05, 0.1) is 7.05 Å². The molecule has 37 heavy (non-hydrogen) atoms. The fourth-order valence-corrected chi connectivity index (χ4v) is 6.02. The Morgan fingerprint density at radius 2 is 1.73 bits per heavy atom. The van der Waals surface area contributed by atoms with Gasteiger partial charge in [-0.1, -0.05) is 46.4 Å². The zero-order valence-electron chi connectivity index (χ0n) is 20.4. The number of carbonyl (C=O) groups excluding carboxylic acids is 1. The highest BCUT2D eigenvalue weighted by molar-refractivity contribution is 7.91. The van der Waals surface area contributed by atoms with Crippen molar-refractivity contribution in [2.24, 2.45) is 5.73 Å². The molecule has 1 atom stereocenters. The summed E-state index contributed by atoms with van der Waals surface area (Å²) in [5.41, 5.74) is 8.56. The Kier molecular flexibility index (Phi) is 7.15. The fourth-order valence-electron chi connectivity index (χ4n) is 4.50. The first-order chi connectivity index (χ1) is 17.6. The van der Waals surface area contributed by atoms with Crippen LogP contribution in [0.15, 0.2) is 77.7 Å². The number of benzene rings is 3. The van der Waals surface area contributed by atoms with Crippen LogP contribution in [0.4, 0.5) is 16.2 Å². The van der Waals surface area contributed by atoms with E-state index < -0.39 is 20.0 Å². The lowest BCUT2D eigenvalue weighted by molar-refractivity contribution is -0.118. The summed E-state index contributed by atoms with van der Waals surface area (Å²) in [6, 6.07) is 19.4. The highest BCUT2D eigenvalue weighted by Crippen LogP contribution is 2.37. The van der Waals surface area contributed by atoms with Crippen LogP contribution in [0.3, 0.4) is 0 Å². The van der Waals surface area contributed by atoms with Gasteiger partial charge in [0.15, 0.2) is 5.69 Å². The minimum Gasteiger partial charge on any atom is -0.434 e. The van der Waals surface area contributed by atoms with E-state index in [0.717, 1.165) is 18.2 Å². The molecular weight excluding hydrogens is 492 g/mol. The zero-order chi connectivity index (χ0) is 26.8. The van der Waals surface area contributed by atoms with Crippen LogP contribution in [0.2, 0.25) is 0 Å². The van der Waals surface area contributed by atoms with E-state index in [9.17, 15) is 23.1 Å². The maximum absolute atomic E-state index is 13.4. The number of nitrogen functional groups attached to an aromatic ring is 1. The molecule has 0 aliphatic carbocycles. The molecule has 0 fully saturated rings. The lowest BCUT2D eigenvalue weighted by Crippen LogP contribution is -2.54. The third-order valence-electron chi connectivity index (χ3n) is 6.75. The van der Waals surface area contributed by atoms with Crippen LogP contribution < -0.4 is 14.5 Å². The zero-order valence-corrected chi connectivity index (χ0v) is 21.2. The van der Waals surface area contributed by atoms with Gasteiger partial charge in [0, 0.05) is 36.3 Å². The van der Waals surface area contributed by atoms with E-state index in [-0.39, 0.29) is 28.7 Å². The Morgan fingerprint density at radius 3 is 2.35 bits per heavy atom. The third kappa shape index (κ3) is 4.85. The monoisotopic (exact) mass is 521 g/mol. The smallest absolute Gasteiger partial charge is 0.434 e. The Labute approximate surface area is 215 Å². The molecule has 2 amide bonds. The molecule has 4 rings (SSSR count). The molecule has 0 aromatic heterocycles. The van der Waals surface area contributed by atoms with Crippen molar-refractivity contribution in [1.29, 1.82) is 5.41 Å². The highest BCUT2D eigenvalue weighted by Gasteiger charge is 2.49. The molecule has 3 aromatic rings. The van der Waals surface area contributed by atoms with E-state index >= 15 is 0 Å². The fraction of sp³-hybridized carbons (Fsp3) is 0.222. The first-order valence-electron chi connectivity index (χ1n) is 11.8. The van der Waals surface area contributed by atoms with E-state index in [4.69, 9.17) is 11.1 Å². The molecule has 0 saturated carbocycles. The maximum Gasteiger partial charge on any atom is 0.534 e. The molecule has 10 heteroatoms. The number of quaternary nitrogens is 1. The van der Waals surface area contributed by atoms with Crippen molar-refractivity contribution >= 4 is 39.2 Å². The number of hydrogen-bond acceptors (Lipinski definition) is 5. The quantitative estimate of drug-likeness (QED) is 0.245. The molecule has 4 N–H and O–H groups in total. The van der Waals surface area contributed by atoms with Crippen LogP contribution in [0.5, 0.6) is 0 Å². The van der Waals surface area contributed by atoms with E-state index in [1.165, 1.54) is 18.2 Å². The summed E-state index contributed by atoms with van der Waals surface area (Å²) in [7, 11) is -3.17. The first kappa shape index (κ1) is 26.1. The summed E-state index contributed by atoms with van der Waals surface area (Å²) in [4.78, 5) is 27.1. The second kappa shape index (κ2) is 10.2. The van der Waals surface area contributed by atoms with E-state index in [1.807, 2.05) is 12.1 Å². The number of sulfonamides is 1. The summed E-state index contributed by atoms with van der Waals surface area (Å²) in [5.74, 6) is -0.0853. The number of carbonyl (C=O) groups is 2. The molecule has 9 nitrogen and oxygen atoms in total. The van der Waals surface area contributed by atoms with E-state index in [2.05, 4.69) is 0 Å². The van der Waals surface area contributed by atoms with E-state index in [0.29, 0.717) is 37.1 Å². The second-order valence-electron chi connectivity index (χ2n) is 9.07. The van der Waals surface area contributed by atoms with Crippen molar-refractivity contribution < 1.29 is 23.1 Å². The van der Waals surface area contributed by atoms with Crippen molar-refractivity contribution in [3.05, 3.63) is 89.5 Å². The molecule has 0 bridgehead atoms. The molecule has 1 heterocycles. The van der Waals surface area contributed by atoms with Crippen LogP contribution in [0, 0.1) is 5.41 Å². The molecule has 0 spiro atoms. The number of fused-ring (bicyclic) bond motifs is 1. The molecule has 0 saturated heterocycles. The minimum atomic E-state index is -4.32. The topological polar surface area (TPSA) is 142 Å². The molecule has 1 aliphatic heterocycles. The number of nitrogens with one attached hydrogen (secondary N) is 1. The van der Waals surface area contributed by atoms with Gasteiger partial charge in [-0.15, -0.1) is 0 Å². The van der Waals surface area contributed by atoms with Gasteiger partial charge in [-0.25, -0.2) is 0 Å². The lowest BCUT2D eigenvalue weighted by Gasteiger charge is -2.32. The van der Waals surface area contributed by atoms with Gasteiger partial charge in [0.2, 0.25) is 5.91 Å². The Hall–Kier alpha value is -4.02. The van der Waals surface area contributed by atoms with Crippen molar-refractivity contribution in [1.82, 2.24) is 3.89 Å². The number of amidine groups is 1. The predicted octanol–water partition coefficient (Wildman–Crippen LogP) is 3.89. The molecule has 1 aliphatic rings. The number of amides is 2. The number of rotatable bonds is 7. The second-order valence-corrected chi connectivity index (χ2v) is 11.2. The number of nitrogens with zero attached hydrogens (tertiary/aromatic N) is 2. The summed E-state index contributed by atoms with van der Waals surface area (Å²) < 4.78 is 25.5. The average Bonchev–Trinajstić information content (AvgIpc) is 2.91. The average molecular weight is 522 g/mol. The van der Waals surface area contributed by atoms with Gasteiger partial charge in [0.1, 0.15) is 10.7 Å². The van der Waals surface area contributed by atoms with Crippen LogP contribution >= 0.6 is 0 Å². The first-order valence-corrected chi connectivity index (χ1v) is 13.3. The predicted molar refractivity (Wildman–Crippen MR) is 142 cm³/mol. The van der Waals surface area contributed by atoms with Crippen LogP contribution in [-0.4, -0.2) is 45.0 Å². The highest BCUT2D eigenvalue weighted by atomic mass is 32.2. The van der Waals surface area contributed by atoms with Crippen molar-refractivity contribution in [3.63, 3.8) is 0 Å². The number of aryl methyl sites for hydroxylation is 2. The van der Waals surface area contributed by atoms with E-state index in [1.54, 1.807) is 47.4 Å². The largest absolute Gasteiger partial charge is 0.534 e. The van der Waals surface area contributed by atoms with Gasteiger partial charge < -0.3 is 15.7 Å². The number of anilines is 1. The lowest BCUT2D eigenvalue weighted by atomic mass is 9.99. The van der Waals surface area contributed by atoms with Gasteiger partial charge in [0.25, 0.3) is 0 Å². The summed E-state index contributed by atoms with van der Waals surface area (Å²) in [6.07, 6.45) is 0.543. The molecule has 3 aromatic carbocycles. The van der Waals surface area contributed by atoms with Gasteiger partial charge >= 0.3 is 16.1 Å². The van der Waals surface area contributed by atoms with Crippen molar-refractivity contribution in [3.8, 4) is 0 Å². The summed E-state index contributed by atoms with van der Waals surface area (Å²) in [6.45, 7) is 0.530. The number of hydrogen-bond donors (Lipinski definition) is 3. The minimum absolute atomic E-state index is 0.0129. The Bertz CT molecular complexity index is 1460. The van der Waals surface area contributed by atoms with Gasteiger partial charge in [-0.05, 0) is 48.6 Å². The van der Waals surface area contributed by atoms with Gasteiger partial charge in [-0.3, -0.25) is 10.2 Å². The SMILES string of the molecule is C[N+](C(=O)O)(c1ccc2c(c1)CCCN2C(=O)CCc1ccc(C(=N)N)cc1)S(=O)(=O)c1ccccc1. The molecule has 0 radical (unpaired) electrons. The van der Waals surface area contributed by atoms with Crippen LogP contribution in [-0.2, 0) is 27.7 Å². The normalized spacial score (nSPS) is 14.9. The van der Waals surface area contributed by atoms with Crippen molar-refractivity contribution in [2.75, 3.05) is 18.5 Å². The number of nitrogens with two attached hydrogens (primary N) is 1. The van der Waals surface area contributed by atoms with Crippen molar-refractivity contribution in [2.45, 2.75) is 30.6 Å². The molecule has 192 valence electrons. The molecular formula is C27H29N4O5S+. The Balaban J connectivity index is 1.60. The Morgan fingerprint density at radius 1 is 1.05 bits per heavy atom. The van der Waals surface area contributed by atoms with Gasteiger partial charge in [-0.2, -0.15) is 13.2 Å². The van der Waals surface area contributed by atoms with Crippen LogP contribution in [0.25, 0.3) is 0 Å². The third-order valence-corrected chi connectivity index (χ3v) is 8.95. The number of carboxylic acid groups (broad SMARTS) is 1. The van der Waals surface area contributed by atoms with Crippen LogP contribution in [0.1, 0.15) is 29.5 Å². The maximum atomic E-state index is 13.4. The molecule has 1 unspecified atom stereocenters. The summed E-state index contributed by atoms with van der Waals surface area (Å²) in [5, 5.41) is 17.5. The standard InChI is InChI=1S/C27H28N4O5S/c1-31(27(33)34,37(35,36)23-7-3-2-4-8-23)22-14-15-24-21(18-22)6-5-17-30(24)25(32)16-11-19-9-12-20(13-10-19)26(28)29/h2-4,7-10,12-15,18H,5-6,11,16-17H2,1H3,(H3-,28,29,33,34)/p+1. The summed E-state index contributed by atoms with van der Waals surface area (Å²) >= 11 is 0.